The molecule has 2 aromatic carbocycles. The zero-order valence-electron chi connectivity index (χ0n) is 11.5. The van der Waals surface area contributed by atoms with Crippen LogP contribution in [0.5, 0.6) is 5.75 Å². The van der Waals surface area contributed by atoms with Gasteiger partial charge in [-0.3, -0.25) is 0 Å². The summed E-state index contributed by atoms with van der Waals surface area (Å²) in [6, 6.07) is 14.2. The second-order valence-electron chi connectivity index (χ2n) is 4.46. The summed E-state index contributed by atoms with van der Waals surface area (Å²) >= 11 is 0. The maximum atomic E-state index is 12.8. The Morgan fingerprint density at radius 1 is 1.09 bits per heavy atom. The first-order valence-corrected chi connectivity index (χ1v) is 6.54. The molecule has 0 aliphatic heterocycles. The van der Waals surface area contributed by atoms with Crippen LogP contribution in [0.15, 0.2) is 48.5 Å². The van der Waals surface area contributed by atoms with Gasteiger partial charge in [-0.05, 0) is 30.3 Å². The van der Waals surface area contributed by atoms with Crippen molar-refractivity contribution in [2.45, 2.75) is 6.18 Å². The van der Waals surface area contributed by atoms with E-state index in [4.69, 9.17) is 10.00 Å². The molecular formula is C16H13F3N2O. The Labute approximate surface area is 126 Å². The highest BCUT2D eigenvalue weighted by Crippen LogP contribution is 2.33. The maximum absolute atomic E-state index is 12.8. The minimum Gasteiger partial charge on any atom is -0.492 e. The molecule has 0 unspecified atom stereocenters. The normalized spacial score (nSPS) is 10.8. The lowest BCUT2D eigenvalue weighted by molar-refractivity contribution is -0.137. The predicted octanol–water partition coefficient (Wildman–Crippen LogP) is 4.07. The lowest BCUT2D eigenvalue weighted by Gasteiger charge is -2.12. The maximum Gasteiger partial charge on any atom is 0.417 e. The molecule has 6 heteroatoms. The number of ether oxygens (including phenoxy) is 1. The topological polar surface area (TPSA) is 45.0 Å². The van der Waals surface area contributed by atoms with Crippen molar-refractivity contribution < 1.29 is 17.9 Å². The molecule has 0 atom stereocenters. The van der Waals surface area contributed by atoms with E-state index in [1.807, 2.05) is 18.2 Å². The number of nitrogens with zero attached hydrogens (tertiary/aromatic N) is 1. The van der Waals surface area contributed by atoms with Crippen LogP contribution in [0.25, 0.3) is 0 Å². The van der Waals surface area contributed by atoms with Crippen LogP contribution in [0, 0.1) is 11.3 Å². The lowest BCUT2D eigenvalue weighted by Crippen LogP contribution is -2.13. The van der Waals surface area contributed by atoms with Gasteiger partial charge in [0.15, 0.2) is 0 Å². The lowest BCUT2D eigenvalue weighted by atomic mass is 10.1. The van der Waals surface area contributed by atoms with Crippen LogP contribution >= 0.6 is 0 Å². The van der Waals surface area contributed by atoms with Gasteiger partial charge in [-0.1, -0.05) is 18.2 Å². The van der Waals surface area contributed by atoms with Gasteiger partial charge in [0.05, 0.1) is 17.2 Å². The summed E-state index contributed by atoms with van der Waals surface area (Å²) < 4.78 is 43.9. The van der Waals surface area contributed by atoms with E-state index >= 15 is 0 Å². The smallest absolute Gasteiger partial charge is 0.417 e. The fraction of sp³-hybridized carbons (Fsp3) is 0.188. The summed E-state index contributed by atoms with van der Waals surface area (Å²) in [6.45, 7) is 0.656. The minimum atomic E-state index is -4.55. The van der Waals surface area contributed by atoms with Gasteiger partial charge in [-0.15, -0.1) is 0 Å². The summed E-state index contributed by atoms with van der Waals surface area (Å²) in [5.74, 6) is 0.695. The molecule has 2 rings (SSSR count). The van der Waals surface area contributed by atoms with Gasteiger partial charge in [0, 0.05) is 12.2 Å². The van der Waals surface area contributed by atoms with E-state index in [2.05, 4.69) is 5.32 Å². The molecule has 0 radical (unpaired) electrons. The Hall–Kier alpha value is -2.68. The molecule has 0 aromatic heterocycles. The molecule has 0 fully saturated rings. The first-order valence-electron chi connectivity index (χ1n) is 6.54. The summed E-state index contributed by atoms with van der Waals surface area (Å²) in [5.41, 5.74) is -1.04. The largest absolute Gasteiger partial charge is 0.492 e. The van der Waals surface area contributed by atoms with E-state index < -0.39 is 17.3 Å². The third kappa shape index (κ3) is 4.16. The number of benzene rings is 2. The van der Waals surface area contributed by atoms with Gasteiger partial charge in [0.1, 0.15) is 12.4 Å². The van der Waals surface area contributed by atoms with Crippen LogP contribution in [0.3, 0.4) is 0 Å². The predicted molar refractivity (Wildman–Crippen MR) is 76.6 cm³/mol. The van der Waals surface area contributed by atoms with Crippen LogP contribution in [0.1, 0.15) is 11.1 Å². The number of para-hydroxylation sites is 1. The summed E-state index contributed by atoms with van der Waals surface area (Å²) in [4.78, 5) is 0. The van der Waals surface area contributed by atoms with Gasteiger partial charge in [0.2, 0.25) is 0 Å². The quantitative estimate of drug-likeness (QED) is 0.847. The fourth-order valence-corrected chi connectivity index (χ4v) is 1.87. The summed E-state index contributed by atoms with van der Waals surface area (Å²) in [6.07, 6.45) is -4.55. The molecule has 1 N–H and O–H groups in total. The van der Waals surface area contributed by atoms with Crippen LogP contribution < -0.4 is 10.1 Å². The van der Waals surface area contributed by atoms with E-state index in [0.717, 1.165) is 12.1 Å². The molecule has 0 saturated carbocycles. The fourth-order valence-electron chi connectivity index (χ4n) is 1.87. The van der Waals surface area contributed by atoms with E-state index in [0.29, 0.717) is 24.6 Å². The molecular weight excluding hydrogens is 293 g/mol. The minimum absolute atomic E-state index is 0.294. The van der Waals surface area contributed by atoms with Crippen molar-refractivity contribution in [1.29, 1.82) is 5.26 Å². The number of rotatable bonds is 5. The Morgan fingerprint density at radius 2 is 1.82 bits per heavy atom. The number of hydrogen-bond acceptors (Lipinski definition) is 3. The van der Waals surface area contributed by atoms with Gasteiger partial charge in [0.25, 0.3) is 0 Å². The average molecular weight is 306 g/mol. The zero-order chi connectivity index (χ0) is 16.0. The van der Waals surface area contributed by atoms with Gasteiger partial charge < -0.3 is 10.1 Å². The molecule has 0 amide bonds. The monoisotopic (exact) mass is 306 g/mol. The number of nitrogens with one attached hydrogen (secondary N) is 1. The Morgan fingerprint density at radius 3 is 2.45 bits per heavy atom. The van der Waals surface area contributed by atoms with Crippen LogP contribution in [0.2, 0.25) is 0 Å². The van der Waals surface area contributed by atoms with Gasteiger partial charge in [-0.2, -0.15) is 18.4 Å². The highest BCUT2D eigenvalue weighted by Gasteiger charge is 2.33. The molecule has 0 spiro atoms. The number of hydrogen-bond donors (Lipinski definition) is 1. The molecule has 2 aromatic rings. The summed E-state index contributed by atoms with van der Waals surface area (Å²) in [7, 11) is 0. The number of alkyl halides is 3. The van der Waals surface area contributed by atoms with Crippen molar-refractivity contribution >= 4 is 5.69 Å². The summed E-state index contributed by atoms with van der Waals surface area (Å²) in [5, 5.41) is 11.6. The van der Waals surface area contributed by atoms with Crippen LogP contribution in [-0.4, -0.2) is 13.2 Å². The SMILES string of the molecule is N#Cc1ccc(NCCOc2ccccc2)cc1C(F)(F)F. The first kappa shape index (κ1) is 15.7. The van der Waals surface area contributed by atoms with Crippen molar-refractivity contribution in [3.8, 4) is 11.8 Å². The number of nitriles is 1. The van der Waals surface area contributed by atoms with Crippen molar-refractivity contribution in [2.75, 3.05) is 18.5 Å². The Kier molecular flexibility index (Phi) is 4.89. The van der Waals surface area contributed by atoms with Gasteiger partial charge >= 0.3 is 6.18 Å². The van der Waals surface area contributed by atoms with Crippen LogP contribution in [-0.2, 0) is 6.18 Å². The second-order valence-corrected chi connectivity index (χ2v) is 4.46. The van der Waals surface area contributed by atoms with Gasteiger partial charge in [-0.25, -0.2) is 0 Å². The standard InChI is InChI=1S/C16H13F3N2O/c17-16(18,19)15-10-13(7-6-12(15)11-20)21-8-9-22-14-4-2-1-3-5-14/h1-7,10,21H,8-9H2. The highest BCUT2D eigenvalue weighted by molar-refractivity contribution is 5.53. The van der Waals surface area contributed by atoms with Crippen molar-refractivity contribution in [3.05, 3.63) is 59.7 Å². The molecule has 0 aliphatic rings. The molecule has 22 heavy (non-hydrogen) atoms. The number of halogens is 3. The second kappa shape index (κ2) is 6.85. The Balaban J connectivity index is 1.95. The molecule has 0 bridgehead atoms. The highest BCUT2D eigenvalue weighted by atomic mass is 19.4. The molecule has 0 saturated heterocycles. The van der Waals surface area contributed by atoms with E-state index in [1.165, 1.54) is 6.07 Å². The van der Waals surface area contributed by atoms with Crippen molar-refractivity contribution in [3.63, 3.8) is 0 Å². The number of anilines is 1. The zero-order valence-corrected chi connectivity index (χ0v) is 11.5. The molecule has 114 valence electrons. The van der Waals surface area contributed by atoms with Crippen molar-refractivity contribution in [2.24, 2.45) is 0 Å². The third-order valence-corrected chi connectivity index (χ3v) is 2.89. The molecule has 0 heterocycles. The van der Waals surface area contributed by atoms with Crippen LogP contribution in [0.4, 0.5) is 18.9 Å². The average Bonchev–Trinajstić information content (AvgIpc) is 2.51. The van der Waals surface area contributed by atoms with E-state index in [9.17, 15) is 13.2 Å². The molecule has 3 nitrogen and oxygen atoms in total. The Bertz CT molecular complexity index is 663. The van der Waals surface area contributed by atoms with E-state index in [-0.39, 0.29) is 0 Å². The molecule has 0 aliphatic carbocycles. The van der Waals surface area contributed by atoms with E-state index in [1.54, 1.807) is 18.2 Å². The van der Waals surface area contributed by atoms with Crippen molar-refractivity contribution in [1.82, 2.24) is 0 Å². The third-order valence-electron chi connectivity index (χ3n) is 2.89. The first-order chi connectivity index (χ1) is 10.5.